The normalized spacial score (nSPS) is 12.6. The van der Waals surface area contributed by atoms with Gasteiger partial charge in [0.1, 0.15) is 0 Å². The van der Waals surface area contributed by atoms with Crippen LogP contribution in [-0.2, 0) is 9.84 Å². The second-order valence-corrected chi connectivity index (χ2v) is 8.62. The van der Waals surface area contributed by atoms with Gasteiger partial charge in [-0.2, -0.15) is 0 Å². The van der Waals surface area contributed by atoms with Crippen molar-refractivity contribution in [2.45, 2.75) is 25.5 Å². The zero-order valence-corrected chi connectivity index (χ0v) is 13.6. The zero-order chi connectivity index (χ0) is 15.8. The van der Waals surface area contributed by atoms with Gasteiger partial charge >= 0.3 is 0 Å². The number of sulfone groups is 1. The summed E-state index contributed by atoms with van der Waals surface area (Å²) < 4.78 is 22.7. The Bertz CT molecular complexity index is 783. The molecule has 0 atom stereocenters. The van der Waals surface area contributed by atoms with Gasteiger partial charge in [-0.15, -0.1) is 0 Å². The molecule has 3 N–H and O–H groups in total. The number of aryl methyl sites for hydroxylation is 1. The molecule has 5 nitrogen and oxygen atoms in total. The van der Waals surface area contributed by atoms with Gasteiger partial charge in [0.25, 0.3) is 0 Å². The summed E-state index contributed by atoms with van der Waals surface area (Å²) in [6.07, 6.45) is 1.25. The Balaban J connectivity index is 2.41. The zero-order valence-electron chi connectivity index (χ0n) is 12.8. The van der Waals surface area contributed by atoms with Crippen LogP contribution in [0.5, 0.6) is 0 Å². The number of hydrogen-bond donors (Lipinski definition) is 2. The number of nitrogens with two attached hydrogens (primary N) is 1. The number of pyridine rings is 1. The number of fused-ring (bicyclic) bond motifs is 1. The maximum absolute atomic E-state index is 11.8. The van der Waals surface area contributed by atoms with Crippen LogP contribution in [0.1, 0.15) is 19.5 Å². The molecule has 0 aliphatic heterocycles. The fourth-order valence-electron chi connectivity index (χ4n) is 1.96. The van der Waals surface area contributed by atoms with Crippen molar-refractivity contribution in [3.05, 3.63) is 30.0 Å². The number of hydrogen-bond acceptors (Lipinski definition) is 5. The van der Waals surface area contributed by atoms with Crippen molar-refractivity contribution in [1.82, 2.24) is 4.98 Å². The minimum absolute atomic E-state index is 0.319. The highest BCUT2D eigenvalue weighted by molar-refractivity contribution is 7.92. The first-order valence-electron chi connectivity index (χ1n) is 6.70. The summed E-state index contributed by atoms with van der Waals surface area (Å²) in [7, 11) is -3.15. The lowest BCUT2D eigenvalue weighted by atomic mass is 10.1. The summed E-state index contributed by atoms with van der Waals surface area (Å²) in [5.41, 5.74) is 9.04. The van der Waals surface area contributed by atoms with Crippen LogP contribution >= 0.6 is 0 Å². The molecule has 1 aromatic heterocycles. The number of benzene rings is 1. The Morgan fingerprint density at radius 3 is 2.57 bits per heavy atom. The molecule has 0 saturated carbocycles. The summed E-state index contributed by atoms with van der Waals surface area (Å²) in [5.74, 6) is 0. The molecule has 2 rings (SSSR count). The summed E-state index contributed by atoms with van der Waals surface area (Å²) >= 11 is 0. The van der Waals surface area contributed by atoms with Crippen LogP contribution in [0.15, 0.2) is 24.3 Å². The fraction of sp³-hybridized carbons (Fsp3) is 0.400. The van der Waals surface area contributed by atoms with E-state index in [0.29, 0.717) is 12.2 Å². The standard InChI is InChI=1S/C15H21N3O2S/c1-10-7-14(17-9-15(2,3)21(4,19)20)12-8-11(16)5-6-13(12)18-10/h5-8H,9,16H2,1-4H3,(H,17,18). The molecular weight excluding hydrogens is 286 g/mol. The fourth-order valence-corrected chi connectivity index (χ4v) is 2.30. The molecule has 114 valence electrons. The van der Waals surface area contributed by atoms with Crippen LogP contribution in [0.3, 0.4) is 0 Å². The third-order valence-corrected chi connectivity index (χ3v) is 5.82. The second kappa shape index (κ2) is 5.18. The number of aromatic nitrogens is 1. The Hall–Kier alpha value is -1.82. The third-order valence-electron chi connectivity index (χ3n) is 3.67. The molecule has 0 saturated heterocycles. The maximum Gasteiger partial charge on any atom is 0.154 e. The average Bonchev–Trinajstić information content (AvgIpc) is 2.35. The van der Waals surface area contributed by atoms with E-state index in [1.54, 1.807) is 19.9 Å². The van der Waals surface area contributed by atoms with Gasteiger partial charge in [0, 0.05) is 35.3 Å². The minimum atomic E-state index is -3.15. The smallest absolute Gasteiger partial charge is 0.154 e. The van der Waals surface area contributed by atoms with Gasteiger partial charge in [0.2, 0.25) is 0 Å². The molecule has 0 unspecified atom stereocenters. The quantitative estimate of drug-likeness (QED) is 0.847. The van der Waals surface area contributed by atoms with Gasteiger partial charge in [0.15, 0.2) is 9.84 Å². The van der Waals surface area contributed by atoms with E-state index in [-0.39, 0.29) is 0 Å². The molecule has 0 aliphatic rings. The van der Waals surface area contributed by atoms with Crippen LogP contribution in [-0.4, -0.2) is 30.9 Å². The molecular formula is C15H21N3O2S. The maximum atomic E-state index is 11.8. The van der Waals surface area contributed by atoms with E-state index in [1.807, 2.05) is 25.1 Å². The highest BCUT2D eigenvalue weighted by Crippen LogP contribution is 2.26. The molecule has 0 spiro atoms. The molecule has 0 radical (unpaired) electrons. The van der Waals surface area contributed by atoms with Crippen molar-refractivity contribution in [3.63, 3.8) is 0 Å². The first-order chi connectivity index (χ1) is 9.60. The number of nitrogens with one attached hydrogen (secondary N) is 1. The topological polar surface area (TPSA) is 85.1 Å². The molecule has 0 bridgehead atoms. The van der Waals surface area contributed by atoms with Crippen LogP contribution in [0, 0.1) is 6.92 Å². The molecule has 6 heteroatoms. The van der Waals surface area contributed by atoms with Crippen LogP contribution < -0.4 is 11.1 Å². The summed E-state index contributed by atoms with van der Waals surface area (Å²) in [4.78, 5) is 4.46. The molecule has 1 heterocycles. The monoisotopic (exact) mass is 307 g/mol. The molecule has 0 fully saturated rings. The Morgan fingerprint density at radius 2 is 1.95 bits per heavy atom. The highest BCUT2D eigenvalue weighted by atomic mass is 32.2. The first kappa shape index (κ1) is 15.6. The van der Waals surface area contributed by atoms with Gasteiger partial charge in [-0.05, 0) is 45.0 Å². The first-order valence-corrected chi connectivity index (χ1v) is 8.60. The Morgan fingerprint density at radius 1 is 1.29 bits per heavy atom. The lowest BCUT2D eigenvalue weighted by Crippen LogP contribution is -2.38. The van der Waals surface area contributed by atoms with E-state index in [2.05, 4.69) is 10.3 Å². The third kappa shape index (κ3) is 3.26. The van der Waals surface area contributed by atoms with Gasteiger partial charge in [-0.1, -0.05) is 0 Å². The van der Waals surface area contributed by atoms with Crippen molar-refractivity contribution in [1.29, 1.82) is 0 Å². The number of rotatable bonds is 4. The van der Waals surface area contributed by atoms with Gasteiger partial charge in [-0.3, -0.25) is 4.98 Å². The molecule has 0 aliphatic carbocycles. The van der Waals surface area contributed by atoms with E-state index in [1.165, 1.54) is 6.26 Å². The largest absolute Gasteiger partial charge is 0.399 e. The van der Waals surface area contributed by atoms with E-state index < -0.39 is 14.6 Å². The van der Waals surface area contributed by atoms with Crippen molar-refractivity contribution in [2.75, 3.05) is 23.9 Å². The van der Waals surface area contributed by atoms with Crippen LogP contribution in [0.25, 0.3) is 10.9 Å². The lowest BCUT2D eigenvalue weighted by molar-refractivity contribution is 0.560. The summed E-state index contributed by atoms with van der Waals surface area (Å²) in [6.45, 7) is 5.64. The molecule has 0 amide bonds. The number of anilines is 2. The van der Waals surface area contributed by atoms with E-state index >= 15 is 0 Å². The summed E-state index contributed by atoms with van der Waals surface area (Å²) in [5, 5.41) is 4.12. The van der Waals surface area contributed by atoms with E-state index in [9.17, 15) is 8.42 Å². The van der Waals surface area contributed by atoms with Gasteiger partial charge < -0.3 is 11.1 Å². The van der Waals surface area contributed by atoms with Crippen molar-refractivity contribution < 1.29 is 8.42 Å². The van der Waals surface area contributed by atoms with Crippen molar-refractivity contribution in [3.8, 4) is 0 Å². The Kier molecular flexibility index (Phi) is 3.84. The predicted octanol–water partition coefficient (Wildman–Crippen LogP) is 2.36. The van der Waals surface area contributed by atoms with Crippen LogP contribution in [0.2, 0.25) is 0 Å². The predicted molar refractivity (Wildman–Crippen MR) is 88.3 cm³/mol. The highest BCUT2D eigenvalue weighted by Gasteiger charge is 2.30. The van der Waals surface area contributed by atoms with Crippen LogP contribution in [0.4, 0.5) is 11.4 Å². The van der Waals surface area contributed by atoms with Crippen molar-refractivity contribution >= 4 is 32.1 Å². The van der Waals surface area contributed by atoms with Gasteiger partial charge in [0.05, 0.1) is 10.3 Å². The number of nitrogens with zero attached hydrogens (tertiary/aromatic N) is 1. The summed E-state index contributed by atoms with van der Waals surface area (Å²) in [6, 6.07) is 7.42. The average molecular weight is 307 g/mol. The SMILES string of the molecule is Cc1cc(NCC(C)(C)S(C)(=O)=O)c2cc(N)ccc2n1. The van der Waals surface area contributed by atoms with Crippen molar-refractivity contribution in [2.24, 2.45) is 0 Å². The minimum Gasteiger partial charge on any atom is -0.399 e. The molecule has 2 aromatic rings. The number of nitrogen functional groups attached to an aromatic ring is 1. The Labute approximate surface area is 125 Å². The van der Waals surface area contributed by atoms with E-state index in [4.69, 9.17) is 5.73 Å². The molecule has 1 aromatic carbocycles. The van der Waals surface area contributed by atoms with E-state index in [0.717, 1.165) is 22.3 Å². The second-order valence-electron chi connectivity index (χ2n) is 5.97. The molecule has 21 heavy (non-hydrogen) atoms. The van der Waals surface area contributed by atoms with Gasteiger partial charge in [-0.25, -0.2) is 8.42 Å². The lowest BCUT2D eigenvalue weighted by Gasteiger charge is -2.24.